The monoisotopic (exact) mass is 292 g/mol. The second kappa shape index (κ2) is 7.52. The van der Waals surface area contributed by atoms with Crippen molar-refractivity contribution in [3.8, 4) is 0 Å². The van der Waals surface area contributed by atoms with E-state index in [9.17, 15) is 5.11 Å². The first-order valence-electron chi connectivity index (χ1n) is 5.68. The Labute approximate surface area is 118 Å². The molecular weight excluding hydrogens is 275 g/mol. The minimum absolute atomic E-state index is 0.366. The summed E-state index contributed by atoms with van der Waals surface area (Å²) in [7, 11) is 0. The van der Waals surface area contributed by atoms with E-state index in [0.717, 1.165) is 17.1 Å². The van der Waals surface area contributed by atoms with Gasteiger partial charge in [0.05, 0.1) is 6.10 Å². The zero-order valence-corrected chi connectivity index (χ0v) is 12.4. The number of rotatable bonds is 6. The van der Waals surface area contributed by atoms with E-state index in [1.54, 1.807) is 23.9 Å². The van der Waals surface area contributed by atoms with Gasteiger partial charge in [0.25, 0.3) is 0 Å². The van der Waals surface area contributed by atoms with Gasteiger partial charge in [0.15, 0.2) is 0 Å². The third-order valence-corrected chi connectivity index (χ3v) is 4.35. The molecule has 0 fully saturated rings. The summed E-state index contributed by atoms with van der Waals surface area (Å²) >= 11 is 13.7. The van der Waals surface area contributed by atoms with E-state index >= 15 is 0 Å². The molecule has 0 aromatic heterocycles. The molecule has 0 aliphatic carbocycles. The van der Waals surface area contributed by atoms with Crippen molar-refractivity contribution in [2.24, 2.45) is 5.92 Å². The average Bonchev–Trinajstić information content (AvgIpc) is 2.23. The Bertz CT molecular complexity index is 355. The minimum Gasteiger partial charge on any atom is -0.392 e. The Kier molecular flexibility index (Phi) is 6.71. The maximum Gasteiger partial charge on any atom is 0.0671 e. The van der Waals surface area contributed by atoms with Crippen molar-refractivity contribution in [2.75, 3.05) is 11.5 Å². The molecule has 0 amide bonds. The molecule has 0 radical (unpaired) electrons. The predicted octanol–water partition coefficient (Wildman–Crippen LogP) is 4.29. The summed E-state index contributed by atoms with van der Waals surface area (Å²) in [5.41, 5.74) is 0.914. The van der Waals surface area contributed by atoms with Gasteiger partial charge in [-0.15, -0.1) is 0 Å². The number of aliphatic hydroxyl groups excluding tert-OH is 1. The Morgan fingerprint density at radius 1 is 1.24 bits per heavy atom. The second-order valence-corrected chi connectivity index (χ2v) is 6.44. The van der Waals surface area contributed by atoms with Gasteiger partial charge in [-0.2, -0.15) is 11.8 Å². The molecule has 96 valence electrons. The molecule has 1 atom stereocenters. The molecule has 0 saturated carbocycles. The zero-order valence-electron chi connectivity index (χ0n) is 10.1. The van der Waals surface area contributed by atoms with Gasteiger partial charge in [-0.25, -0.2) is 0 Å². The van der Waals surface area contributed by atoms with Crippen LogP contribution in [0.5, 0.6) is 0 Å². The standard InChI is InChI=1S/C13H18Cl2OS/c1-9(2)7-17-8-12(16)6-10-5-11(14)3-4-13(10)15/h3-5,9,12,16H,6-8H2,1-2H3. The summed E-state index contributed by atoms with van der Waals surface area (Å²) in [6.45, 7) is 4.35. The molecule has 0 saturated heterocycles. The lowest BCUT2D eigenvalue weighted by atomic mass is 10.1. The smallest absolute Gasteiger partial charge is 0.0671 e. The molecule has 1 rings (SSSR count). The molecule has 0 heterocycles. The maximum absolute atomic E-state index is 9.91. The fourth-order valence-corrected chi connectivity index (χ4v) is 2.84. The Morgan fingerprint density at radius 3 is 2.59 bits per heavy atom. The van der Waals surface area contributed by atoms with Crippen LogP contribution in [0.25, 0.3) is 0 Å². The average molecular weight is 293 g/mol. The highest BCUT2D eigenvalue weighted by atomic mass is 35.5. The number of aliphatic hydroxyl groups is 1. The van der Waals surface area contributed by atoms with Crippen LogP contribution in [-0.4, -0.2) is 22.7 Å². The van der Waals surface area contributed by atoms with E-state index in [-0.39, 0.29) is 6.10 Å². The lowest BCUT2D eigenvalue weighted by Crippen LogP contribution is -2.14. The summed E-state index contributed by atoms with van der Waals surface area (Å²) in [6.07, 6.45) is 0.194. The maximum atomic E-state index is 9.91. The van der Waals surface area contributed by atoms with E-state index < -0.39 is 0 Å². The lowest BCUT2D eigenvalue weighted by molar-refractivity contribution is 0.200. The molecule has 17 heavy (non-hydrogen) atoms. The Morgan fingerprint density at radius 2 is 1.94 bits per heavy atom. The molecule has 0 aliphatic rings. The SMILES string of the molecule is CC(C)CSCC(O)Cc1cc(Cl)ccc1Cl. The van der Waals surface area contributed by atoms with Crippen molar-refractivity contribution in [2.45, 2.75) is 26.4 Å². The van der Waals surface area contributed by atoms with E-state index in [0.29, 0.717) is 22.4 Å². The molecule has 1 nitrogen and oxygen atoms in total. The summed E-state index contributed by atoms with van der Waals surface area (Å²) in [4.78, 5) is 0. The lowest BCUT2D eigenvalue weighted by Gasteiger charge is -2.12. The van der Waals surface area contributed by atoms with Gasteiger partial charge in [-0.3, -0.25) is 0 Å². The van der Waals surface area contributed by atoms with E-state index in [1.165, 1.54) is 0 Å². The Hall–Kier alpha value is 0.110. The van der Waals surface area contributed by atoms with Gasteiger partial charge in [0.1, 0.15) is 0 Å². The fourth-order valence-electron chi connectivity index (χ4n) is 1.45. The highest BCUT2D eigenvalue weighted by Crippen LogP contribution is 2.22. The summed E-state index contributed by atoms with van der Waals surface area (Å²) in [5.74, 6) is 2.46. The molecular formula is C13H18Cl2OS. The molecule has 1 N–H and O–H groups in total. The van der Waals surface area contributed by atoms with Crippen molar-refractivity contribution in [3.63, 3.8) is 0 Å². The van der Waals surface area contributed by atoms with Crippen LogP contribution in [0.1, 0.15) is 19.4 Å². The van der Waals surface area contributed by atoms with Crippen LogP contribution in [0.2, 0.25) is 10.0 Å². The highest BCUT2D eigenvalue weighted by Gasteiger charge is 2.09. The van der Waals surface area contributed by atoms with Crippen LogP contribution in [0.15, 0.2) is 18.2 Å². The van der Waals surface area contributed by atoms with Crippen LogP contribution in [-0.2, 0) is 6.42 Å². The van der Waals surface area contributed by atoms with Gasteiger partial charge >= 0.3 is 0 Å². The van der Waals surface area contributed by atoms with Gasteiger partial charge < -0.3 is 5.11 Å². The fraction of sp³-hybridized carbons (Fsp3) is 0.538. The Balaban J connectivity index is 2.44. The number of halogens is 2. The highest BCUT2D eigenvalue weighted by molar-refractivity contribution is 7.99. The van der Waals surface area contributed by atoms with E-state index in [1.807, 2.05) is 6.07 Å². The molecule has 1 aromatic carbocycles. The third-order valence-electron chi connectivity index (χ3n) is 2.22. The van der Waals surface area contributed by atoms with Crippen LogP contribution in [0.4, 0.5) is 0 Å². The summed E-state index contributed by atoms with van der Waals surface area (Å²) in [6, 6.07) is 5.35. The third kappa shape index (κ3) is 6.01. The zero-order chi connectivity index (χ0) is 12.8. The first kappa shape index (κ1) is 15.2. The molecule has 4 heteroatoms. The van der Waals surface area contributed by atoms with Crippen LogP contribution < -0.4 is 0 Å². The van der Waals surface area contributed by atoms with Crippen molar-refractivity contribution >= 4 is 35.0 Å². The van der Waals surface area contributed by atoms with Gasteiger partial charge in [-0.1, -0.05) is 37.0 Å². The number of thioether (sulfide) groups is 1. The predicted molar refractivity (Wildman–Crippen MR) is 78.3 cm³/mol. The van der Waals surface area contributed by atoms with Crippen molar-refractivity contribution in [1.82, 2.24) is 0 Å². The minimum atomic E-state index is -0.366. The molecule has 1 unspecified atom stereocenters. The first-order valence-corrected chi connectivity index (χ1v) is 7.60. The van der Waals surface area contributed by atoms with E-state index in [2.05, 4.69) is 13.8 Å². The second-order valence-electron chi connectivity index (χ2n) is 4.52. The number of hydrogen-bond donors (Lipinski definition) is 1. The normalized spacial score (nSPS) is 13.1. The van der Waals surface area contributed by atoms with Gasteiger partial charge in [0.2, 0.25) is 0 Å². The van der Waals surface area contributed by atoms with Crippen molar-refractivity contribution in [1.29, 1.82) is 0 Å². The number of benzene rings is 1. The summed E-state index contributed by atoms with van der Waals surface area (Å²) in [5, 5.41) is 11.2. The van der Waals surface area contributed by atoms with Gasteiger partial charge in [0, 0.05) is 22.2 Å². The van der Waals surface area contributed by atoms with Crippen LogP contribution >= 0.6 is 35.0 Å². The first-order chi connectivity index (χ1) is 7.99. The number of hydrogen-bond acceptors (Lipinski definition) is 2. The summed E-state index contributed by atoms with van der Waals surface area (Å²) < 4.78 is 0. The topological polar surface area (TPSA) is 20.2 Å². The molecule has 1 aromatic rings. The largest absolute Gasteiger partial charge is 0.392 e. The molecule has 0 aliphatic heterocycles. The molecule has 0 bridgehead atoms. The van der Waals surface area contributed by atoms with Crippen molar-refractivity contribution in [3.05, 3.63) is 33.8 Å². The van der Waals surface area contributed by atoms with Crippen LogP contribution in [0, 0.1) is 5.92 Å². The molecule has 0 spiro atoms. The van der Waals surface area contributed by atoms with Gasteiger partial charge in [-0.05, 0) is 35.4 Å². The quantitative estimate of drug-likeness (QED) is 0.844. The van der Waals surface area contributed by atoms with Crippen LogP contribution in [0.3, 0.4) is 0 Å². The van der Waals surface area contributed by atoms with Crippen molar-refractivity contribution < 1.29 is 5.11 Å². The van der Waals surface area contributed by atoms with E-state index in [4.69, 9.17) is 23.2 Å².